The van der Waals surface area contributed by atoms with Gasteiger partial charge in [-0.2, -0.15) is 13.2 Å². The van der Waals surface area contributed by atoms with Gasteiger partial charge < -0.3 is 10.6 Å². The fourth-order valence-corrected chi connectivity index (χ4v) is 5.14. The molecule has 2 fully saturated rings. The van der Waals surface area contributed by atoms with E-state index >= 15 is 0 Å². The van der Waals surface area contributed by atoms with Crippen LogP contribution in [-0.4, -0.2) is 39.8 Å². The van der Waals surface area contributed by atoms with Gasteiger partial charge >= 0.3 is 12.2 Å². The summed E-state index contributed by atoms with van der Waals surface area (Å²) in [6.07, 6.45) is 0.942. The third-order valence-electron chi connectivity index (χ3n) is 5.92. The van der Waals surface area contributed by atoms with E-state index in [1.807, 2.05) is 0 Å². The molecule has 176 valence electrons. The van der Waals surface area contributed by atoms with Gasteiger partial charge in [0.05, 0.1) is 5.56 Å². The third-order valence-corrected chi connectivity index (χ3v) is 6.83. The van der Waals surface area contributed by atoms with Crippen molar-refractivity contribution in [2.24, 2.45) is 0 Å². The van der Waals surface area contributed by atoms with Gasteiger partial charge in [-0.3, -0.25) is 14.5 Å². The molecule has 2 N–H and O–H groups in total. The van der Waals surface area contributed by atoms with Gasteiger partial charge in [-0.05, 0) is 30.9 Å². The number of alkyl halides is 3. The lowest BCUT2D eigenvalue weighted by Crippen LogP contribution is -2.44. The minimum Gasteiger partial charge on any atom is -0.323 e. The minimum atomic E-state index is -4.40. The molecular formula is C22H23F3N4O3S. The SMILES string of the molecule is O=C(CCCN1C(=O)NC2(CCCC2)C1=O)Nc1ncc(Cc2cccc(C(F)(F)F)c2)s1. The zero-order valence-corrected chi connectivity index (χ0v) is 18.5. The molecule has 1 saturated carbocycles. The molecule has 1 aromatic carbocycles. The summed E-state index contributed by atoms with van der Waals surface area (Å²) in [4.78, 5) is 43.0. The molecule has 33 heavy (non-hydrogen) atoms. The highest BCUT2D eigenvalue weighted by atomic mass is 32.1. The number of carbonyl (C=O) groups excluding carboxylic acids is 3. The van der Waals surface area contributed by atoms with Gasteiger partial charge in [-0.25, -0.2) is 9.78 Å². The predicted molar refractivity (Wildman–Crippen MR) is 116 cm³/mol. The van der Waals surface area contributed by atoms with E-state index in [9.17, 15) is 27.6 Å². The number of hydrogen-bond donors (Lipinski definition) is 2. The number of thiazole rings is 1. The number of imide groups is 1. The molecule has 2 aromatic rings. The van der Waals surface area contributed by atoms with Gasteiger partial charge in [0.2, 0.25) is 5.91 Å². The average Bonchev–Trinajstić information content (AvgIpc) is 3.45. The molecule has 0 bridgehead atoms. The first kappa shape index (κ1) is 23.2. The fraction of sp³-hybridized carbons (Fsp3) is 0.455. The first-order valence-electron chi connectivity index (χ1n) is 10.7. The van der Waals surface area contributed by atoms with Gasteiger partial charge in [0.15, 0.2) is 5.13 Å². The summed E-state index contributed by atoms with van der Waals surface area (Å²) < 4.78 is 38.6. The molecule has 2 aliphatic rings. The summed E-state index contributed by atoms with van der Waals surface area (Å²) in [5.41, 5.74) is -0.960. The van der Waals surface area contributed by atoms with Gasteiger partial charge in [-0.1, -0.05) is 31.0 Å². The minimum absolute atomic E-state index is 0.104. The number of amides is 4. The van der Waals surface area contributed by atoms with Crippen LogP contribution in [0.1, 0.15) is 54.5 Å². The third kappa shape index (κ3) is 5.18. The van der Waals surface area contributed by atoms with Crippen LogP contribution in [0, 0.1) is 0 Å². The second-order valence-electron chi connectivity index (χ2n) is 8.33. The second-order valence-corrected chi connectivity index (χ2v) is 9.45. The van der Waals surface area contributed by atoms with Crippen LogP contribution in [0.25, 0.3) is 0 Å². The van der Waals surface area contributed by atoms with Gasteiger partial charge in [-0.15, -0.1) is 11.3 Å². The Labute approximate surface area is 192 Å². The van der Waals surface area contributed by atoms with E-state index in [0.717, 1.165) is 25.0 Å². The molecule has 0 unspecified atom stereocenters. The van der Waals surface area contributed by atoms with Crippen molar-refractivity contribution < 1.29 is 27.6 Å². The van der Waals surface area contributed by atoms with Crippen molar-refractivity contribution in [1.29, 1.82) is 0 Å². The molecule has 1 aliphatic carbocycles. The summed E-state index contributed by atoms with van der Waals surface area (Å²) in [7, 11) is 0. The second kappa shape index (κ2) is 9.12. The number of halogens is 3. The van der Waals surface area contributed by atoms with Crippen LogP contribution < -0.4 is 10.6 Å². The molecule has 1 aromatic heterocycles. The fourth-order valence-electron chi connectivity index (χ4n) is 4.28. The summed E-state index contributed by atoms with van der Waals surface area (Å²) >= 11 is 1.19. The van der Waals surface area contributed by atoms with Crippen molar-refractivity contribution in [2.75, 3.05) is 11.9 Å². The number of benzene rings is 1. The standard InChI is InChI=1S/C22H23F3N4O3S/c23-22(24,25)15-6-3-5-14(11-15)12-16-13-26-19(33-16)27-17(30)7-4-10-29-18(31)21(28-20(29)32)8-1-2-9-21/h3,5-6,11,13H,1-2,4,7-10,12H2,(H,28,32)(H,26,27,30). The lowest BCUT2D eigenvalue weighted by molar-refractivity contribution is -0.137. The first-order valence-corrected chi connectivity index (χ1v) is 11.5. The number of nitrogens with one attached hydrogen (secondary N) is 2. The van der Waals surface area contributed by atoms with Crippen LogP contribution in [0.5, 0.6) is 0 Å². The van der Waals surface area contributed by atoms with Crippen molar-refractivity contribution in [3.05, 3.63) is 46.5 Å². The normalized spacial score (nSPS) is 17.6. The average molecular weight is 481 g/mol. The van der Waals surface area contributed by atoms with E-state index in [0.29, 0.717) is 34.8 Å². The van der Waals surface area contributed by atoms with Crippen molar-refractivity contribution in [2.45, 2.75) is 56.7 Å². The summed E-state index contributed by atoms with van der Waals surface area (Å²) in [6.45, 7) is 0.165. The molecule has 0 atom stereocenters. The van der Waals surface area contributed by atoms with Crippen molar-refractivity contribution in [3.63, 3.8) is 0 Å². The van der Waals surface area contributed by atoms with Crippen molar-refractivity contribution >= 4 is 34.3 Å². The van der Waals surface area contributed by atoms with E-state index in [1.165, 1.54) is 28.5 Å². The Morgan fingerprint density at radius 2 is 2.00 bits per heavy atom. The van der Waals surface area contributed by atoms with Gasteiger partial charge in [0, 0.05) is 30.5 Å². The first-order chi connectivity index (χ1) is 15.7. The van der Waals surface area contributed by atoms with Crippen LogP contribution in [0.2, 0.25) is 0 Å². The topological polar surface area (TPSA) is 91.4 Å². The molecule has 4 amide bonds. The quantitative estimate of drug-likeness (QED) is 0.577. The smallest absolute Gasteiger partial charge is 0.323 e. The number of anilines is 1. The summed E-state index contributed by atoms with van der Waals surface area (Å²) in [5.74, 6) is -0.512. The van der Waals surface area contributed by atoms with E-state index in [2.05, 4.69) is 15.6 Å². The van der Waals surface area contributed by atoms with E-state index in [1.54, 1.807) is 6.07 Å². The molecule has 7 nitrogen and oxygen atoms in total. The van der Waals surface area contributed by atoms with Crippen LogP contribution in [0.15, 0.2) is 30.5 Å². The van der Waals surface area contributed by atoms with Crippen LogP contribution in [0.4, 0.5) is 23.1 Å². The Balaban J connectivity index is 1.26. The highest BCUT2D eigenvalue weighted by molar-refractivity contribution is 7.15. The summed E-state index contributed by atoms with van der Waals surface area (Å²) in [5, 5.41) is 5.82. The number of carbonyl (C=O) groups is 3. The van der Waals surface area contributed by atoms with Crippen molar-refractivity contribution in [1.82, 2.24) is 15.2 Å². The Morgan fingerprint density at radius 3 is 2.73 bits per heavy atom. The Kier molecular flexibility index (Phi) is 6.42. The summed E-state index contributed by atoms with van der Waals surface area (Å²) in [6, 6.07) is 4.69. The maximum absolute atomic E-state index is 12.9. The molecule has 0 radical (unpaired) electrons. The molecular weight excluding hydrogens is 457 g/mol. The molecule has 11 heteroatoms. The number of urea groups is 1. The monoisotopic (exact) mass is 480 g/mol. The largest absolute Gasteiger partial charge is 0.416 e. The lowest BCUT2D eigenvalue weighted by atomic mass is 9.98. The number of nitrogens with zero attached hydrogens (tertiary/aromatic N) is 2. The molecule has 1 saturated heterocycles. The lowest BCUT2D eigenvalue weighted by Gasteiger charge is -2.19. The molecule has 2 heterocycles. The van der Waals surface area contributed by atoms with E-state index in [-0.39, 0.29) is 31.2 Å². The van der Waals surface area contributed by atoms with E-state index in [4.69, 9.17) is 0 Å². The Hall–Kier alpha value is -2.95. The zero-order chi connectivity index (χ0) is 23.6. The number of rotatable bonds is 7. The Bertz CT molecular complexity index is 1060. The molecule has 4 rings (SSSR count). The van der Waals surface area contributed by atoms with Crippen molar-refractivity contribution in [3.8, 4) is 0 Å². The predicted octanol–water partition coefficient (Wildman–Crippen LogP) is 4.34. The Morgan fingerprint density at radius 1 is 1.24 bits per heavy atom. The van der Waals surface area contributed by atoms with Crippen LogP contribution in [-0.2, 0) is 22.2 Å². The number of hydrogen-bond acceptors (Lipinski definition) is 5. The van der Waals surface area contributed by atoms with Gasteiger partial charge in [0.1, 0.15) is 5.54 Å². The zero-order valence-electron chi connectivity index (χ0n) is 17.7. The maximum Gasteiger partial charge on any atom is 0.416 e. The highest BCUT2D eigenvalue weighted by Crippen LogP contribution is 2.35. The van der Waals surface area contributed by atoms with E-state index < -0.39 is 23.3 Å². The van der Waals surface area contributed by atoms with Crippen LogP contribution in [0.3, 0.4) is 0 Å². The number of aromatic nitrogens is 1. The molecule has 1 spiro atoms. The maximum atomic E-state index is 12.9. The van der Waals surface area contributed by atoms with Gasteiger partial charge in [0.25, 0.3) is 5.91 Å². The molecule has 1 aliphatic heterocycles. The highest BCUT2D eigenvalue weighted by Gasteiger charge is 2.52. The van der Waals surface area contributed by atoms with Crippen LogP contribution >= 0.6 is 11.3 Å².